The number of piperidine rings is 1. The molecule has 4 fully saturated rings. The molecule has 0 aliphatic carbocycles. The molecule has 0 radical (unpaired) electrons. The fourth-order valence-electron chi connectivity index (χ4n) is 3.80. The van der Waals surface area contributed by atoms with Crippen molar-refractivity contribution in [1.82, 2.24) is 15.1 Å². The summed E-state index contributed by atoms with van der Waals surface area (Å²) in [6, 6.07) is 0.169. The van der Waals surface area contributed by atoms with Gasteiger partial charge in [0, 0.05) is 13.1 Å². The van der Waals surface area contributed by atoms with Crippen LogP contribution < -0.4 is 5.32 Å². The molecule has 8 heteroatoms. The SMILES string of the molecule is O=C1NC2C(C(=O)N3CCCCC3)SC(=S)N2C2CCSC12. The quantitative estimate of drug-likeness (QED) is 0.708. The highest BCUT2D eigenvalue weighted by Crippen LogP contribution is 2.43. The van der Waals surface area contributed by atoms with Gasteiger partial charge in [0.05, 0.1) is 6.04 Å². The minimum absolute atomic E-state index is 0.0290. The maximum atomic E-state index is 12.9. The first kappa shape index (κ1) is 15.1. The third-order valence-corrected chi connectivity index (χ3v) is 7.89. The molecule has 22 heavy (non-hydrogen) atoms. The second-order valence-electron chi connectivity index (χ2n) is 6.20. The molecule has 2 amide bonds. The van der Waals surface area contributed by atoms with Crippen molar-refractivity contribution in [3.63, 3.8) is 0 Å². The van der Waals surface area contributed by atoms with E-state index in [2.05, 4.69) is 10.2 Å². The van der Waals surface area contributed by atoms with Gasteiger partial charge in [-0.1, -0.05) is 24.0 Å². The lowest BCUT2D eigenvalue weighted by Gasteiger charge is -2.41. The Balaban J connectivity index is 1.56. The number of fused-ring (bicyclic) bond motifs is 3. The molecule has 0 aromatic rings. The molecule has 1 N–H and O–H groups in total. The van der Waals surface area contributed by atoms with Crippen LogP contribution in [0.1, 0.15) is 25.7 Å². The summed E-state index contributed by atoms with van der Waals surface area (Å²) in [5.74, 6) is 1.21. The summed E-state index contributed by atoms with van der Waals surface area (Å²) >= 11 is 8.71. The fourth-order valence-corrected chi connectivity index (χ4v) is 6.87. The first-order valence-corrected chi connectivity index (χ1v) is 10.2. The average Bonchev–Trinajstić information content (AvgIpc) is 3.13. The number of hydrogen-bond donors (Lipinski definition) is 1. The van der Waals surface area contributed by atoms with Crippen LogP contribution in [0.2, 0.25) is 0 Å². The number of nitrogens with zero attached hydrogens (tertiary/aromatic N) is 2. The van der Waals surface area contributed by atoms with Crippen LogP contribution in [-0.4, -0.2) is 67.5 Å². The Bertz CT molecular complexity index is 523. The summed E-state index contributed by atoms with van der Waals surface area (Å²) in [5, 5.41) is 2.75. The second kappa shape index (κ2) is 5.87. The lowest BCUT2D eigenvalue weighted by Crippen LogP contribution is -2.65. The largest absolute Gasteiger partial charge is 0.342 e. The summed E-state index contributed by atoms with van der Waals surface area (Å²) < 4.78 is 0.776. The lowest BCUT2D eigenvalue weighted by atomic mass is 10.0. The van der Waals surface area contributed by atoms with E-state index in [-0.39, 0.29) is 34.5 Å². The summed E-state index contributed by atoms with van der Waals surface area (Å²) in [4.78, 5) is 29.3. The third kappa shape index (κ3) is 2.34. The van der Waals surface area contributed by atoms with Gasteiger partial charge in [-0.25, -0.2) is 0 Å². The first-order valence-electron chi connectivity index (χ1n) is 7.86. The molecule has 4 heterocycles. The number of hydrogen-bond acceptors (Lipinski definition) is 5. The summed E-state index contributed by atoms with van der Waals surface area (Å²) in [7, 11) is 0. The topological polar surface area (TPSA) is 52.7 Å². The van der Waals surface area contributed by atoms with Gasteiger partial charge in [0.1, 0.15) is 21.0 Å². The van der Waals surface area contributed by atoms with Crippen molar-refractivity contribution in [1.29, 1.82) is 0 Å². The molecule has 4 rings (SSSR count). The number of rotatable bonds is 1. The molecule has 4 aliphatic rings. The zero-order valence-corrected chi connectivity index (χ0v) is 14.6. The summed E-state index contributed by atoms with van der Waals surface area (Å²) in [6.45, 7) is 1.68. The molecule has 0 saturated carbocycles. The molecule has 0 spiro atoms. The predicted octanol–water partition coefficient (Wildman–Crippen LogP) is 1.03. The fraction of sp³-hybridized carbons (Fsp3) is 0.786. The van der Waals surface area contributed by atoms with Gasteiger partial charge >= 0.3 is 0 Å². The Kier molecular flexibility index (Phi) is 4.02. The van der Waals surface area contributed by atoms with Crippen molar-refractivity contribution in [2.75, 3.05) is 18.8 Å². The van der Waals surface area contributed by atoms with E-state index < -0.39 is 0 Å². The minimum Gasteiger partial charge on any atom is -0.342 e. The zero-order chi connectivity index (χ0) is 15.3. The van der Waals surface area contributed by atoms with E-state index in [0.717, 1.165) is 42.4 Å². The molecule has 0 bridgehead atoms. The lowest BCUT2D eigenvalue weighted by molar-refractivity contribution is -0.134. The van der Waals surface area contributed by atoms with Crippen molar-refractivity contribution in [3.8, 4) is 0 Å². The minimum atomic E-state index is -0.277. The van der Waals surface area contributed by atoms with Gasteiger partial charge in [0.2, 0.25) is 11.8 Å². The van der Waals surface area contributed by atoms with Crippen molar-refractivity contribution >= 4 is 51.9 Å². The van der Waals surface area contributed by atoms with E-state index in [1.807, 2.05) is 4.90 Å². The van der Waals surface area contributed by atoms with Gasteiger partial charge < -0.3 is 15.1 Å². The molecule has 4 aliphatic heterocycles. The van der Waals surface area contributed by atoms with Crippen LogP contribution in [0.5, 0.6) is 0 Å². The van der Waals surface area contributed by atoms with Gasteiger partial charge in [0.25, 0.3) is 0 Å². The van der Waals surface area contributed by atoms with E-state index in [1.54, 1.807) is 11.8 Å². The van der Waals surface area contributed by atoms with E-state index in [9.17, 15) is 9.59 Å². The molecule has 5 nitrogen and oxygen atoms in total. The summed E-state index contributed by atoms with van der Waals surface area (Å²) in [5.41, 5.74) is 0. The van der Waals surface area contributed by atoms with Crippen molar-refractivity contribution in [3.05, 3.63) is 0 Å². The predicted molar refractivity (Wildman–Crippen MR) is 92.8 cm³/mol. The Labute approximate surface area is 143 Å². The molecular formula is C14H19N3O2S3. The molecule has 4 atom stereocenters. The molecule has 4 unspecified atom stereocenters. The zero-order valence-electron chi connectivity index (χ0n) is 12.2. The van der Waals surface area contributed by atoms with Crippen molar-refractivity contribution in [2.24, 2.45) is 0 Å². The molecular weight excluding hydrogens is 338 g/mol. The van der Waals surface area contributed by atoms with Gasteiger partial charge in [-0.15, -0.1) is 11.8 Å². The smallest absolute Gasteiger partial charge is 0.240 e. The van der Waals surface area contributed by atoms with Gasteiger partial charge in [-0.3, -0.25) is 9.59 Å². The number of nitrogens with one attached hydrogen (secondary N) is 1. The Morgan fingerprint density at radius 2 is 2.05 bits per heavy atom. The summed E-state index contributed by atoms with van der Waals surface area (Å²) in [6.07, 6.45) is 4.09. The van der Waals surface area contributed by atoms with Gasteiger partial charge in [-0.2, -0.15) is 0 Å². The number of likely N-dealkylation sites (tertiary alicyclic amines) is 1. The van der Waals surface area contributed by atoms with Crippen LogP contribution in [0.3, 0.4) is 0 Å². The van der Waals surface area contributed by atoms with E-state index in [0.29, 0.717) is 0 Å². The Hall–Kier alpha value is -0.470. The van der Waals surface area contributed by atoms with Crippen LogP contribution in [0.4, 0.5) is 0 Å². The number of carbonyl (C=O) groups excluding carboxylic acids is 2. The monoisotopic (exact) mass is 357 g/mol. The molecule has 0 aromatic carbocycles. The number of thiocarbonyl (C=S) groups is 1. The van der Waals surface area contributed by atoms with E-state index in [1.165, 1.54) is 18.2 Å². The number of thioether (sulfide) groups is 2. The van der Waals surface area contributed by atoms with Crippen LogP contribution in [-0.2, 0) is 9.59 Å². The molecule has 4 saturated heterocycles. The highest BCUT2D eigenvalue weighted by atomic mass is 32.2. The average molecular weight is 358 g/mol. The maximum absolute atomic E-state index is 12.9. The molecule has 0 aromatic heterocycles. The highest BCUT2D eigenvalue weighted by Gasteiger charge is 2.54. The second-order valence-corrected chi connectivity index (χ2v) is 9.22. The first-order chi connectivity index (χ1) is 10.7. The van der Waals surface area contributed by atoms with E-state index in [4.69, 9.17) is 12.2 Å². The normalized spacial score (nSPS) is 37.8. The van der Waals surface area contributed by atoms with Crippen LogP contribution in [0.15, 0.2) is 0 Å². The van der Waals surface area contributed by atoms with Crippen LogP contribution in [0, 0.1) is 0 Å². The van der Waals surface area contributed by atoms with Crippen LogP contribution >= 0.6 is 35.7 Å². The number of carbonyl (C=O) groups is 2. The third-order valence-electron chi connectivity index (χ3n) is 4.90. The Morgan fingerprint density at radius 1 is 1.27 bits per heavy atom. The van der Waals surface area contributed by atoms with Gasteiger partial charge in [-0.05, 0) is 31.4 Å². The highest BCUT2D eigenvalue weighted by molar-refractivity contribution is 8.24. The molecule has 120 valence electrons. The van der Waals surface area contributed by atoms with E-state index >= 15 is 0 Å². The Morgan fingerprint density at radius 3 is 2.82 bits per heavy atom. The van der Waals surface area contributed by atoms with Crippen molar-refractivity contribution in [2.45, 2.75) is 48.4 Å². The van der Waals surface area contributed by atoms with Crippen LogP contribution in [0.25, 0.3) is 0 Å². The standard InChI is InChI=1S/C14H19N3O2S3/c18-12-9-8(4-7-21-9)17-11(15-12)10(22-14(17)20)13(19)16-5-2-1-3-6-16/h8-11H,1-7H2,(H,15,18). The van der Waals surface area contributed by atoms with Crippen molar-refractivity contribution < 1.29 is 9.59 Å². The van der Waals surface area contributed by atoms with Gasteiger partial charge in [0.15, 0.2) is 0 Å². The number of amides is 2. The maximum Gasteiger partial charge on any atom is 0.240 e.